The summed E-state index contributed by atoms with van der Waals surface area (Å²) in [5.41, 5.74) is 0. The van der Waals surface area contributed by atoms with Crippen LogP contribution in [-0.2, 0) is 9.47 Å². The number of hydrogen-bond acceptors (Lipinski definition) is 3. The number of ether oxygens (including phenoxy) is 2. The van der Waals surface area contributed by atoms with Crippen LogP contribution in [0.1, 0.15) is 40.5 Å². The van der Waals surface area contributed by atoms with Gasteiger partial charge in [0.2, 0.25) is 0 Å². The van der Waals surface area contributed by atoms with Crippen molar-refractivity contribution in [1.29, 1.82) is 0 Å². The zero-order chi connectivity index (χ0) is 12.2. The molecule has 0 aromatic rings. The van der Waals surface area contributed by atoms with Gasteiger partial charge >= 0.3 is 0 Å². The molecule has 0 amide bonds. The molecule has 3 heteroatoms. The Bertz CT molecular complexity index is 140. The Balaban J connectivity index is 3.52. The van der Waals surface area contributed by atoms with Gasteiger partial charge in [-0.3, -0.25) is 0 Å². The van der Waals surface area contributed by atoms with Crippen molar-refractivity contribution in [2.24, 2.45) is 5.92 Å². The van der Waals surface area contributed by atoms with E-state index in [0.717, 1.165) is 26.1 Å². The molecular weight excluding hydrogens is 202 g/mol. The van der Waals surface area contributed by atoms with Gasteiger partial charge in [0.05, 0.1) is 19.3 Å². The normalized spacial score (nSPS) is 13.3. The highest BCUT2D eigenvalue weighted by atomic mass is 16.5. The first-order chi connectivity index (χ1) is 7.72. The molecule has 0 aliphatic heterocycles. The Hall–Kier alpha value is -0.120. The Morgan fingerprint density at radius 3 is 2.31 bits per heavy atom. The SMILES string of the molecule is CCCNCC(OCCOCCC)C(C)C. The van der Waals surface area contributed by atoms with Gasteiger partial charge in [-0.05, 0) is 25.3 Å². The first-order valence-corrected chi connectivity index (χ1v) is 6.62. The minimum Gasteiger partial charge on any atom is -0.379 e. The van der Waals surface area contributed by atoms with Crippen molar-refractivity contribution in [3.63, 3.8) is 0 Å². The van der Waals surface area contributed by atoms with E-state index in [1.54, 1.807) is 0 Å². The molecule has 16 heavy (non-hydrogen) atoms. The van der Waals surface area contributed by atoms with Crippen LogP contribution < -0.4 is 5.32 Å². The lowest BCUT2D eigenvalue weighted by Crippen LogP contribution is -2.34. The number of hydrogen-bond donors (Lipinski definition) is 1. The molecular formula is C13H29NO2. The van der Waals surface area contributed by atoms with Gasteiger partial charge in [-0.1, -0.05) is 27.7 Å². The largest absolute Gasteiger partial charge is 0.379 e. The van der Waals surface area contributed by atoms with Gasteiger partial charge in [0, 0.05) is 13.2 Å². The van der Waals surface area contributed by atoms with E-state index < -0.39 is 0 Å². The van der Waals surface area contributed by atoms with Gasteiger partial charge in [-0.15, -0.1) is 0 Å². The van der Waals surface area contributed by atoms with E-state index in [1.807, 2.05) is 0 Å². The summed E-state index contributed by atoms with van der Waals surface area (Å²) in [5, 5.41) is 3.40. The summed E-state index contributed by atoms with van der Waals surface area (Å²) < 4.78 is 11.2. The van der Waals surface area contributed by atoms with Crippen LogP contribution >= 0.6 is 0 Å². The predicted molar refractivity (Wildman–Crippen MR) is 68.8 cm³/mol. The Morgan fingerprint density at radius 2 is 1.75 bits per heavy atom. The van der Waals surface area contributed by atoms with E-state index in [9.17, 15) is 0 Å². The van der Waals surface area contributed by atoms with Gasteiger partial charge in [0.1, 0.15) is 0 Å². The molecule has 0 aromatic carbocycles. The lowest BCUT2D eigenvalue weighted by molar-refractivity contribution is -0.0138. The highest BCUT2D eigenvalue weighted by Gasteiger charge is 2.12. The second-order valence-corrected chi connectivity index (χ2v) is 4.47. The highest BCUT2D eigenvalue weighted by molar-refractivity contribution is 4.65. The molecule has 1 N–H and O–H groups in total. The fourth-order valence-corrected chi connectivity index (χ4v) is 1.41. The van der Waals surface area contributed by atoms with Crippen molar-refractivity contribution in [2.75, 3.05) is 32.9 Å². The summed E-state index contributed by atoms with van der Waals surface area (Å²) in [6.07, 6.45) is 2.55. The predicted octanol–water partition coefficient (Wildman–Crippen LogP) is 2.45. The van der Waals surface area contributed by atoms with Crippen LogP contribution in [0.3, 0.4) is 0 Å². The maximum Gasteiger partial charge on any atom is 0.0723 e. The van der Waals surface area contributed by atoms with Crippen LogP contribution in [0.25, 0.3) is 0 Å². The van der Waals surface area contributed by atoms with Crippen LogP contribution in [0, 0.1) is 5.92 Å². The monoisotopic (exact) mass is 231 g/mol. The molecule has 0 heterocycles. The minimum absolute atomic E-state index is 0.303. The fraction of sp³-hybridized carbons (Fsp3) is 1.00. The van der Waals surface area contributed by atoms with Crippen LogP contribution in [0.15, 0.2) is 0 Å². The van der Waals surface area contributed by atoms with E-state index in [-0.39, 0.29) is 0 Å². The molecule has 98 valence electrons. The second-order valence-electron chi connectivity index (χ2n) is 4.47. The van der Waals surface area contributed by atoms with Crippen LogP contribution in [0.5, 0.6) is 0 Å². The molecule has 0 rings (SSSR count). The molecule has 0 aliphatic carbocycles. The van der Waals surface area contributed by atoms with Crippen molar-refractivity contribution >= 4 is 0 Å². The van der Waals surface area contributed by atoms with Crippen molar-refractivity contribution in [2.45, 2.75) is 46.6 Å². The highest BCUT2D eigenvalue weighted by Crippen LogP contribution is 2.05. The van der Waals surface area contributed by atoms with E-state index in [2.05, 4.69) is 33.0 Å². The maximum absolute atomic E-state index is 5.81. The molecule has 1 unspecified atom stereocenters. The molecule has 0 saturated heterocycles. The maximum atomic E-state index is 5.81. The van der Waals surface area contributed by atoms with Gasteiger partial charge in [0.25, 0.3) is 0 Å². The third-order valence-electron chi connectivity index (χ3n) is 2.42. The smallest absolute Gasteiger partial charge is 0.0723 e. The molecule has 0 radical (unpaired) electrons. The van der Waals surface area contributed by atoms with E-state index in [0.29, 0.717) is 25.2 Å². The first-order valence-electron chi connectivity index (χ1n) is 6.62. The standard InChI is InChI=1S/C13H29NO2/c1-5-7-14-11-13(12(3)4)16-10-9-15-8-6-2/h12-14H,5-11H2,1-4H3. The van der Waals surface area contributed by atoms with Crippen LogP contribution in [-0.4, -0.2) is 39.0 Å². The fourth-order valence-electron chi connectivity index (χ4n) is 1.41. The molecule has 0 saturated carbocycles. The van der Waals surface area contributed by atoms with Gasteiger partial charge < -0.3 is 14.8 Å². The van der Waals surface area contributed by atoms with Gasteiger partial charge in [0.15, 0.2) is 0 Å². The van der Waals surface area contributed by atoms with Gasteiger partial charge in [-0.2, -0.15) is 0 Å². The van der Waals surface area contributed by atoms with Crippen molar-refractivity contribution in [3.8, 4) is 0 Å². The number of rotatable bonds is 11. The van der Waals surface area contributed by atoms with Crippen LogP contribution in [0.2, 0.25) is 0 Å². The van der Waals surface area contributed by atoms with Crippen molar-refractivity contribution in [3.05, 3.63) is 0 Å². The lowest BCUT2D eigenvalue weighted by atomic mass is 10.1. The zero-order valence-corrected chi connectivity index (χ0v) is 11.4. The summed E-state index contributed by atoms with van der Waals surface area (Å²) >= 11 is 0. The molecule has 1 atom stereocenters. The molecule has 0 aromatic heterocycles. The Labute approximate surface area is 101 Å². The lowest BCUT2D eigenvalue weighted by Gasteiger charge is -2.22. The molecule has 0 aliphatic rings. The molecule has 0 bridgehead atoms. The summed E-state index contributed by atoms with van der Waals surface area (Å²) in [6.45, 7) is 13.0. The van der Waals surface area contributed by atoms with Crippen molar-refractivity contribution in [1.82, 2.24) is 5.32 Å². The van der Waals surface area contributed by atoms with Crippen LogP contribution in [0.4, 0.5) is 0 Å². The van der Waals surface area contributed by atoms with E-state index in [4.69, 9.17) is 9.47 Å². The second kappa shape index (κ2) is 11.4. The minimum atomic E-state index is 0.303. The van der Waals surface area contributed by atoms with E-state index >= 15 is 0 Å². The third kappa shape index (κ3) is 9.13. The van der Waals surface area contributed by atoms with Crippen molar-refractivity contribution < 1.29 is 9.47 Å². The van der Waals surface area contributed by atoms with Gasteiger partial charge in [-0.25, -0.2) is 0 Å². The zero-order valence-electron chi connectivity index (χ0n) is 11.4. The summed E-state index contributed by atoms with van der Waals surface area (Å²) in [4.78, 5) is 0. The quantitative estimate of drug-likeness (QED) is 0.554. The first kappa shape index (κ1) is 15.9. The molecule has 3 nitrogen and oxygen atoms in total. The number of nitrogens with one attached hydrogen (secondary N) is 1. The van der Waals surface area contributed by atoms with E-state index in [1.165, 1.54) is 6.42 Å². The summed E-state index contributed by atoms with van der Waals surface area (Å²) in [6, 6.07) is 0. The summed E-state index contributed by atoms with van der Waals surface area (Å²) in [7, 11) is 0. The Morgan fingerprint density at radius 1 is 1.00 bits per heavy atom. The topological polar surface area (TPSA) is 30.5 Å². The Kier molecular flexibility index (Phi) is 11.3. The third-order valence-corrected chi connectivity index (χ3v) is 2.42. The molecule has 0 spiro atoms. The molecule has 0 fully saturated rings. The average molecular weight is 231 g/mol. The average Bonchev–Trinajstić information content (AvgIpc) is 2.26. The summed E-state index contributed by atoms with van der Waals surface area (Å²) in [5.74, 6) is 0.551.